The van der Waals surface area contributed by atoms with Gasteiger partial charge in [-0.1, -0.05) is 29.3 Å². The molecule has 1 amide bonds. The fourth-order valence-corrected chi connectivity index (χ4v) is 5.54. The van der Waals surface area contributed by atoms with Crippen molar-refractivity contribution in [2.45, 2.75) is 17.7 Å². The Morgan fingerprint density at radius 3 is 2.69 bits per heavy atom. The summed E-state index contributed by atoms with van der Waals surface area (Å²) in [6.45, 7) is 1.51. The molecular formula is C21H22Cl2N4O4S. The molecule has 0 aliphatic carbocycles. The molecule has 4 rings (SSSR count). The Kier molecular flexibility index (Phi) is 6.90. The third-order valence-electron chi connectivity index (χ3n) is 5.33. The Morgan fingerprint density at radius 2 is 1.91 bits per heavy atom. The van der Waals surface area contributed by atoms with Crippen LogP contribution in [-0.2, 0) is 14.8 Å². The number of piperazine rings is 1. The second kappa shape index (κ2) is 9.66. The number of carbonyl (C=O) groups excluding carboxylic acids is 1. The van der Waals surface area contributed by atoms with Gasteiger partial charge in [0.25, 0.3) is 0 Å². The lowest BCUT2D eigenvalue weighted by Crippen LogP contribution is -2.50. The van der Waals surface area contributed by atoms with Crippen LogP contribution in [0.2, 0.25) is 10.0 Å². The van der Waals surface area contributed by atoms with Crippen LogP contribution in [0.25, 0.3) is 11.0 Å². The minimum absolute atomic E-state index is 0.0286. The molecule has 3 heterocycles. The normalized spacial score (nSPS) is 15.2. The zero-order chi connectivity index (χ0) is 22.7. The smallest absolute Gasteiger partial charge is 0.245 e. The first-order valence-electron chi connectivity index (χ1n) is 10.1. The molecular weight excluding hydrogens is 475 g/mol. The number of pyridine rings is 1. The molecule has 170 valence electrons. The minimum Gasteiger partial charge on any atom is -0.492 e. The predicted octanol–water partition coefficient (Wildman–Crippen LogP) is 3.56. The van der Waals surface area contributed by atoms with E-state index >= 15 is 0 Å². The quantitative estimate of drug-likeness (QED) is 0.504. The number of hydrogen-bond donors (Lipinski definition) is 1. The van der Waals surface area contributed by atoms with Gasteiger partial charge < -0.3 is 14.6 Å². The van der Waals surface area contributed by atoms with Crippen LogP contribution in [0.1, 0.15) is 12.8 Å². The number of halogens is 2. The number of sulfonamides is 1. The van der Waals surface area contributed by atoms with E-state index in [1.165, 1.54) is 10.5 Å². The molecule has 8 nitrogen and oxygen atoms in total. The molecule has 1 aliphatic heterocycles. The summed E-state index contributed by atoms with van der Waals surface area (Å²) in [5, 5.41) is 1.33. The molecule has 11 heteroatoms. The lowest BCUT2D eigenvalue weighted by Gasteiger charge is -2.34. The molecule has 0 saturated carbocycles. The van der Waals surface area contributed by atoms with E-state index in [4.69, 9.17) is 27.9 Å². The van der Waals surface area contributed by atoms with Gasteiger partial charge in [-0.2, -0.15) is 4.31 Å². The number of nitrogens with zero attached hydrogens (tertiary/aromatic N) is 3. The van der Waals surface area contributed by atoms with E-state index in [0.717, 1.165) is 0 Å². The maximum Gasteiger partial charge on any atom is 0.245 e. The minimum atomic E-state index is -3.67. The second-order valence-corrected chi connectivity index (χ2v) is 10.0. The molecule has 0 atom stereocenters. The third kappa shape index (κ3) is 4.71. The lowest BCUT2D eigenvalue weighted by atomic mass is 10.2. The first kappa shape index (κ1) is 22.8. The molecule has 0 bridgehead atoms. The van der Waals surface area contributed by atoms with Crippen molar-refractivity contribution < 1.29 is 17.9 Å². The van der Waals surface area contributed by atoms with Crippen molar-refractivity contribution in [1.29, 1.82) is 0 Å². The van der Waals surface area contributed by atoms with Gasteiger partial charge in [-0.15, -0.1) is 0 Å². The number of rotatable bonds is 7. The summed E-state index contributed by atoms with van der Waals surface area (Å²) >= 11 is 12.0. The van der Waals surface area contributed by atoms with Crippen molar-refractivity contribution in [3.05, 3.63) is 52.8 Å². The number of hydrogen-bond acceptors (Lipinski definition) is 5. The van der Waals surface area contributed by atoms with Crippen molar-refractivity contribution in [1.82, 2.24) is 19.2 Å². The highest BCUT2D eigenvalue weighted by molar-refractivity contribution is 7.89. The lowest BCUT2D eigenvalue weighted by molar-refractivity contribution is -0.132. The molecule has 0 radical (unpaired) electrons. The van der Waals surface area contributed by atoms with Crippen molar-refractivity contribution >= 4 is 50.2 Å². The summed E-state index contributed by atoms with van der Waals surface area (Å²) in [5.41, 5.74) is 0.529. The number of H-pyrrole nitrogens is 1. The Hall–Kier alpha value is -2.33. The highest BCUT2D eigenvalue weighted by Gasteiger charge is 2.31. The third-order valence-corrected chi connectivity index (χ3v) is 8.07. The maximum absolute atomic E-state index is 13.1. The van der Waals surface area contributed by atoms with Gasteiger partial charge in [-0.25, -0.2) is 13.4 Å². The SMILES string of the molecule is O=C(CCCOc1cccc(Cl)c1Cl)N1CCN(S(=O)(=O)c2c[nH]c3ncccc23)CC1. The van der Waals surface area contributed by atoms with E-state index in [9.17, 15) is 13.2 Å². The van der Waals surface area contributed by atoms with Gasteiger partial charge in [0.1, 0.15) is 21.3 Å². The number of amides is 1. The van der Waals surface area contributed by atoms with Gasteiger partial charge in [-0.3, -0.25) is 4.79 Å². The summed E-state index contributed by atoms with van der Waals surface area (Å²) in [5.74, 6) is 0.456. The summed E-state index contributed by atoms with van der Waals surface area (Å²) in [4.78, 5) is 21.5. The van der Waals surface area contributed by atoms with Gasteiger partial charge in [0.2, 0.25) is 15.9 Å². The number of benzene rings is 1. The molecule has 1 aliphatic rings. The number of carbonyl (C=O) groups is 1. The highest BCUT2D eigenvalue weighted by atomic mass is 35.5. The van der Waals surface area contributed by atoms with E-state index in [2.05, 4.69) is 9.97 Å². The first-order chi connectivity index (χ1) is 15.4. The highest BCUT2D eigenvalue weighted by Crippen LogP contribution is 2.31. The number of ether oxygens (including phenoxy) is 1. The van der Waals surface area contributed by atoms with Crippen LogP contribution in [0, 0.1) is 0 Å². The average molecular weight is 497 g/mol. The number of aromatic amines is 1. The predicted molar refractivity (Wildman–Crippen MR) is 123 cm³/mol. The van der Waals surface area contributed by atoms with E-state index < -0.39 is 10.0 Å². The van der Waals surface area contributed by atoms with Crippen LogP contribution in [0.4, 0.5) is 0 Å². The number of fused-ring (bicyclic) bond motifs is 1. The fourth-order valence-electron chi connectivity index (χ4n) is 3.62. The van der Waals surface area contributed by atoms with Gasteiger partial charge in [0.15, 0.2) is 0 Å². The molecule has 1 fully saturated rings. The molecule has 32 heavy (non-hydrogen) atoms. The molecule has 0 spiro atoms. The fraction of sp³-hybridized carbons (Fsp3) is 0.333. The number of aromatic nitrogens is 2. The monoisotopic (exact) mass is 496 g/mol. The summed E-state index contributed by atoms with van der Waals surface area (Å²) in [6.07, 6.45) is 3.90. The van der Waals surface area contributed by atoms with Gasteiger partial charge in [-0.05, 0) is 30.7 Å². The number of nitrogens with one attached hydrogen (secondary N) is 1. The largest absolute Gasteiger partial charge is 0.492 e. The van der Waals surface area contributed by atoms with Crippen LogP contribution in [0.15, 0.2) is 47.6 Å². The molecule has 2 aromatic heterocycles. The van der Waals surface area contributed by atoms with Gasteiger partial charge >= 0.3 is 0 Å². The van der Waals surface area contributed by atoms with E-state index in [1.807, 2.05) is 0 Å². The van der Waals surface area contributed by atoms with Crippen molar-refractivity contribution in [3.8, 4) is 5.75 Å². The Balaban J connectivity index is 1.28. The second-order valence-electron chi connectivity index (χ2n) is 7.34. The molecule has 1 N–H and O–H groups in total. The Labute approximate surface area is 196 Å². The zero-order valence-corrected chi connectivity index (χ0v) is 19.5. The van der Waals surface area contributed by atoms with Crippen molar-refractivity contribution in [2.24, 2.45) is 0 Å². The van der Waals surface area contributed by atoms with Crippen molar-refractivity contribution in [3.63, 3.8) is 0 Å². The molecule has 3 aromatic rings. The molecule has 1 saturated heterocycles. The van der Waals surface area contributed by atoms with E-state index in [1.54, 1.807) is 41.4 Å². The maximum atomic E-state index is 13.1. The Bertz CT molecular complexity index is 1220. The summed E-state index contributed by atoms with van der Waals surface area (Å²) in [6, 6.07) is 8.57. The molecule has 1 aromatic carbocycles. The van der Waals surface area contributed by atoms with Gasteiger partial charge in [0.05, 0.1) is 11.6 Å². The first-order valence-corrected chi connectivity index (χ1v) is 12.3. The van der Waals surface area contributed by atoms with Crippen LogP contribution < -0.4 is 4.74 Å². The average Bonchev–Trinajstić information content (AvgIpc) is 3.24. The topological polar surface area (TPSA) is 95.6 Å². The Morgan fingerprint density at radius 1 is 1.12 bits per heavy atom. The van der Waals surface area contributed by atoms with Crippen LogP contribution in [0.3, 0.4) is 0 Å². The van der Waals surface area contributed by atoms with Crippen LogP contribution in [0.5, 0.6) is 5.75 Å². The van der Waals surface area contributed by atoms with Crippen LogP contribution >= 0.6 is 23.2 Å². The summed E-state index contributed by atoms with van der Waals surface area (Å²) in [7, 11) is -3.67. The zero-order valence-electron chi connectivity index (χ0n) is 17.1. The van der Waals surface area contributed by atoms with E-state index in [0.29, 0.717) is 59.4 Å². The van der Waals surface area contributed by atoms with E-state index in [-0.39, 0.29) is 23.9 Å². The molecule has 0 unspecified atom stereocenters. The van der Waals surface area contributed by atoms with Crippen LogP contribution in [-0.4, -0.2) is 66.3 Å². The van der Waals surface area contributed by atoms with Crippen molar-refractivity contribution in [2.75, 3.05) is 32.8 Å². The summed E-state index contributed by atoms with van der Waals surface area (Å²) < 4.78 is 33.2. The standard InChI is InChI=1S/C21H22Cl2N4O4S/c22-16-5-1-6-17(20(16)23)31-13-3-7-19(28)26-9-11-27(12-10-26)32(29,30)18-14-25-21-15(18)4-2-8-24-21/h1-2,4-6,8,14H,3,7,9-13H2,(H,24,25). The van der Waals surface area contributed by atoms with Gasteiger partial charge in [0, 0.05) is 50.4 Å².